The molecule has 0 spiro atoms. The lowest BCUT2D eigenvalue weighted by molar-refractivity contribution is -0.120. The van der Waals surface area contributed by atoms with Crippen molar-refractivity contribution >= 4 is 11.8 Å². The minimum absolute atomic E-state index is 0.0879. The first-order valence-corrected chi connectivity index (χ1v) is 12.1. The van der Waals surface area contributed by atoms with Gasteiger partial charge in [0.15, 0.2) is 0 Å². The zero-order chi connectivity index (χ0) is 21.4. The van der Waals surface area contributed by atoms with E-state index in [2.05, 4.69) is 16.3 Å². The van der Waals surface area contributed by atoms with Crippen LogP contribution in [-0.2, 0) is 9.59 Å². The van der Waals surface area contributed by atoms with Crippen molar-refractivity contribution in [2.45, 2.75) is 101 Å². The van der Waals surface area contributed by atoms with Gasteiger partial charge in [-0.3, -0.25) is 14.5 Å². The number of hydrogen-bond donors (Lipinski definition) is 2. The molecule has 2 saturated carbocycles. The van der Waals surface area contributed by atoms with Gasteiger partial charge in [-0.15, -0.1) is 0 Å². The average Bonchev–Trinajstić information content (AvgIpc) is 2.78. The van der Waals surface area contributed by atoms with Crippen molar-refractivity contribution in [2.75, 3.05) is 13.1 Å². The quantitative estimate of drug-likeness (QED) is 0.634. The minimum Gasteiger partial charge on any atom is -0.370 e. The molecule has 2 amide bonds. The maximum Gasteiger partial charge on any atom is 0.225 e. The van der Waals surface area contributed by atoms with Gasteiger partial charge in [0.05, 0.1) is 6.07 Å². The third-order valence-electron chi connectivity index (χ3n) is 7.63. The molecule has 3 N–H and O–H groups in total. The standard InChI is InChI=1S/C24H39N4O2/c25-18-24(27-23(30)12-11-19-7-3-1-4-8-19)14-16-28(15-13-22(26)29)21(17-24)20-9-5-2-6-10-20/h12,19-21H,1-11,13-17H2,(H2,26,29)(H,27,30). The summed E-state index contributed by atoms with van der Waals surface area (Å²) in [4.78, 5) is 26.4. The van der Waals surface area contributed by atoms with E-state index in [4.69, 9.17) is 5.73 Å². The van der Waals surface area contributed by atoms with Crippen LogP contribution in [0.15, 0.2) is 0 Å². The number of nitrogens with two attached hydrogens (primary N) is 1. The van der Waals surface area contributed by atoms with Gasteiger partial charge in [0.1, 0.15) is 5.54 Å². The molecule has 3 aliphatic rings. The van der Waals surface area contributed by atoms with E-state index >= 15 is 0 Å². The highest BCUT2D eigenvalue weighted by Crippen LogP contribution is 2.37. The average molecular weight is 416 g/mol. The van der Waals surface area contributed by atoms with E-state index in [0.717, 1.165) is 13.0 Å². The van der Waals surface area contributed by atoms with Crippen molar-refractivity contribution in [1.29, 1.82) is 5.26 Å². The second-order valence-electron chi connectivity index (χ2n) is 9.80. The first-order valence-electron chi connectivity index (χ1n) is 12.1. The SMILES string of the molecule is N#CC1(NC(=O)[CH]CC2CCCCC2)CCN(CCC(N)=O)C(C2CCCCC2)C1. The molecule has 2 atom stereocenters. The van der Waals surface area contributed by atoms with Gasteiger partial charge >= 0.3 is 0 Å². The third-order valence-corrected chi connectivity index (χ3v) is 7.63. The Balaban J connectivity index is 1.60. The molecule has 1 radical (unpaired) electrons. The largest absolute Gasteiger partial charge is 0.370 e. The molecule has 0 aromatic rings. The highest BCUT2D eigenvalue weighted by Gasteiger charge is 2.44. The Morgan fingerprint density at radius 1 is 1.10 bits per heavy atom. The number of amides is 2. The second kappa shape index (κ2) is 11.1. The minimum atomic E-state index is -0.800. The first kappa shape index (κ1) is 23.1. The fraction of sp³-hybridized carbons (Fsp3) is 0.833. The fourth-order valence-electron chi connectivity index (χ4n) is 5.83. The van der Waals surface area contributed by atoms with Gasteiger partial charge in [-0.25, -0.2) is 0 Å². The molecule has 3 fully saturated rings. The van der Waals surface area contributed by atoms with E-state index in [1.165, 1.54) is 64.2 Å². The van der Waals surface area contributed by atoms with Crippen LogP contribution >= 0.6 is 0 Å². The number of primary amides is 1. The molecule has 1 saturated heterocycles. The van der Waals surface area contributed by atoms with Gasteiger partial charge < -0.3 is 11.1 Å². The molecular formula is C24H39N4O2. The van der Waals surface area contributed by atoms with Crippen LogP contribution in [0.3, 0.4) is 0 Å². The van der Waals surface area contributed by atoms with Crippen LogP contribution in [0.2, 0.25) is 0 Å². The summed E-state index contributed by atoms with van der Waals surface area (Å²) in [6, 6.07) is 2.70. The molecule has 2 aliphatic carbocycles. The number of rotatable bonds is 8. The van der Waals surface area contributed by atoms with Crippen LogP contribution in [0.1, 0.15) is 89.9 Å². The van der Waals surface area contributed by atoms with Crippen LogP contribution < -0.4 is 11.1 Å². The number of carbonyl (C=O) groups excluding carboxylic acids is 2. The maximum atomic E-state index is 12.7. The predicted octanol–water partition coefficient (Wildman–Crippen LogP) is 3.46. The molecule has 2 unspecified atom stereocenters. The molecule has 1 heterocycles. The number of likely N-dealkylation sites (tertiary alicyclic amines) is 1. The van der Waals surface area contributed by atoms with E-state index in [1.54, 1.807) is 6.42 Å². The number of carbonyl (C=O) groups is 2. The number of piperidine rings is 1. The van der Waals surface area contributed by atoms with Crippen molar-refractivity contribution in [3.63, 3.8) is 0 Å². The topological polar surface area (TPSA) is 99.2 Å². The van der Waals surface area contributed by atoms with E-state index in [0.29, 0.717) is 37.6 Å². The number of nitrogens with one attached hydrogen (secondary N) is 1. The van der Waals surface area contributed by atoms with Gasteiger partial charge in [0.2, 0.25) is 11.8 Å². The lowest BCUT2D eigenvalue weighted by atomic mass is 9.74. The molecule has 167 valence electrons. The van der Waals surface area contributed by atoms with E-state index in [1.807, 2.05) is 0 Å². The Bertz CT molecular complexity index is 619. The second-order valence-corrected chi connectivity index (χ2v) is 9.80. The Labute approximate surface area is 181 Å². The third kappa shape index (κ3) is 6.44. The summed E-state index contributed by atoms with van der Waals surface area (Å²) in [7, 11) is 0. The maximum absolute atomic E-state index is 12.7. The molecule has 6 nitrogen and oxygen atoms in total. The smallest absolute Gasteiger partial charge is 0.225 e. The Kier molecular flexibility index (Phi) is 8.56. The zero-order valence-electron chi connectivity index (χ0n) is 18.4. The summed E-state index contributed by atoms with van der Waals surface area (Å²) < 4.78 is 0. The Morgan fingerprint density at radius 3 is 2.40 bits per heavy atom. The summed E-state index contributed by atoms with van der Waals surface area (Å²) in [6.45, 7) is 1.38. The highest BCUT2D eigenvalue weighted by molar-refractivity contribution is 5.85. The molecule has 3 rings (SSSR count). The molecule has 1 aliphatic heterocycles. The Morgan fingerprint density at radius 2 is 1.77 bits per heavy atom. The lowest BCUT2D eigenvalue weighted by Gasteiger charge is -2.47. The van der Waals surface area contributed by atoms with Crippen molar-refractivity contribution < 1.29 is 9.59 Å². The summed E-state index contributed by atoms with van der Waals surface area (Å²) >= 11 is 0. The van der Waals surface area contributed by atoms with Crippen molar-refractivity contribution in [3.05, 3.63) is 6.42 Å². The van der Waals surface area contributed by atoms with Gasteiger partial charge in [0.25, 0.3) is 0 Å². The molecular weight excluding hydrogens is 376 g/mol. The summed E-state index contributed by atoms with van der Waals surface area (Å²) in [5, 5.41) is 13.2. The van der Waals surface area contributed by atoms with Crippen LogP contribution in [0, 0.1) is 29.6 Å². The molecule has 0 aromatic carbocycles. The lowest BCUT2D eigenvalue weighted by Crippen LogP contribution is -2.60. The molecule has 6 heteroatoms. The zero-order valence-corrected chi connectivity index (χ0v) is 18.4. The van der Waals surface area contributed by atoms with Gasteiger partial charge in [-0.2, -0.15) is 5.26 Å². The highest BCUT2D eigenvalue weighted by atomic mass is 16.2. The van der Waals surface area contributed by atoms with Gasteiger partial charge in [0, 0.05) is 32.0 Å². The van der Waals surface area contributed by atoms with Crippen LogP contribution in [0.25, 0.3) is 0 Å². The molecule has 30 heavy (non-hydrogen) atoms. The number of hydrogen-bond acceptors (Lipinski definition) is 4. The predicted molar refractivity (Wildman–Crippen MR) is 117 cm³/mol. The molecule has 0 aromatic heterocycles. The van der Waals surface area contributed by atoms with Crippen LogP contribution in [-0.4, -0.2) is 41.4 Å². The van der Waals surface area contributed by atoms with E-state index < -0.39 is 5.54 Å². The Hall–Kier alpha value is -1.61. The number of nitriles is 1. The normalized spacial score (nSPS) is 29.2. The van der Waals surface area contributed by atoms with E-state index in [-0.39, 0.29) is 17.9 Å². The first-order chi connectivity index (χ1) is 14.5. The fourth-order valence-corrected chi connectivity index (χ4v) is 5.83. The summed E-state index contributed by atoms with van der Waals surface area (Å²) in [6.07, 6.45) is 16.6. The number of nitrogens with zero attached hydrogens (tertiary/aromatic N) is 2. The monoisotopic (exact) mass is 415 g/mol. The summed E-state index contributed by atoms with van der Waals surface area (Å²) in [5.41, 5.74) is 4.59. The van der Waals surface area contributed by atoms with Crippen molar-refractivity contribution in [3.8, 4) is 6.07 Å². The molecule has 0 bridgehead atoms. The van der Waals surface area contributed by atoms with Crippen molar-refractivity contribution in [1.82, 2.24) is 10.2 Å². The van der Waals surface area contributed by atoms with E-state index in [9.17, 15) is 14.9 Å². The van der Waals surface area contributed by atoms with Gasteiger partial charge in [-0.1, -0.05) is 51.4 Å². The summed E-state index contributed by atoms with van der Waals surface area (Å²) in [5.74, 6) is 0.783. The van der Waals surface area contributed by atoms with Gasteiger partial charge in [-0.05, 0) is 43.9 Å². The van der Waals surface area contributed by atoms with Crippen molar-refractivity contribution in [2.24, 2.45) is 17.6 Å². The van der Waals surface area contributed by atoms with Crippen LogP contribution in [0.4, 0.5) is 0 Å². The van der Waals surface area contributed by atoms with Crippen LogP contribution in [0.5, 0.6) is 0 Å².